The third-order valence-corrected chi connectivity index (χ3v) is 7.71. The van der Waals surface area contributed by atoms with Crippen LogP contribution in [-0.4, -0.2) is 54.0 Å². The van der Waals surface area contributed by atoms with Gasteiger partial charge in [0.2, 0.25) is 5.91 Å². The lowest BCUT2D eigenvalue weighted by Gasteiger charge is -2.35. The standard InChI is InChI=1S/C30H38N2O5/c1-21(31-25(29(34)36-2)18-17-22-11-5-3-6-12-22)28(33)32-26-16-10-9-15-24(26)19-27(32)30(35)37-20-23-13-7-4-8-14-23/h3-8,11-14,21,24-27,31H,9-10,15-20H2,1-2H3. The molecule has 1 aliphatic heterocycles. The molecule has 1 aliphatic carbocycles. The molecule has 1 amide bonds. The molecule has 1 heterocycles. The Morgan fingerprint density at radius 2 is 1.62 bits per heavy atom. The summed E-state index contributed by atoms with van der Waals surface area (Å²) < 4.78 is 10.7. The van der Waals surface area contributed by atoms with E-state index in [1.54, 1.807) is 11.8 Å². The number of aryl methyl sites for hydroxylation is 1. The molecular weight excluding hydrogens is 468 g/mol. The largest absolute Gasteiger partial charge is 0.468 e. The molecule has 5 atom stereocenters. The van der Waals surface area contributed by atoms with Crippen molar-refractivity contribution in [2.45, 2.75) is 82.6 Å². The second-order valence-corrected chi connectivity index (χ2v) is 10.2. The van der Waals surface area contributed by atoms with Crippen molar-refractivity contribution in [2.24, 2.45) is 5.92 Å². The summed E-state index contributed by atoms with van der Waals surface area (Å²) in [5, 5.41) is 3.21. The highest BCUT2D eigenvalue weighted by molar-refractivity contribution is 5.89. The average molecular weight is 507 g/mol. The molecule has 0 radical (unpaired) electrons. The lowest BCUT2D eigenvalue weighted by Crippen LogP contribution is -2.56. The van der Waals surface area contributed by atoms with Crippen LogP contribution in [0, 0.1) is 5.92 Å². The van der Waals surface area contributed by atoms with E-state index in [1.165, 1.54) is 7.11 Å². The first kappa shape index (κ1) is 26.9. The number of fused-ring (bicyclic) bond motifs is 1. The highest BCUT2D eigenvalue weighted by atomic mass is 16.5. The molecule has 7 nitrogen and oxygen atoms in total. The van der Waals surface area contributed by atoms with Gasteiger partial charge in [0.25, 0.3) is 0 Å². The number of nitrogens with zero attached hydrogens (tertiary/aromatic N) is 1. The summed E-state index contributed by atoms with van der Waals surface area (Å²) in [6, 6.07) is 17.6. The highest BCUT2D eigenvalue weighted by Gasteiger charge is 2.49. The van der Waals surface area contributed by atoms with E-state index in [1.807, 2.05) is 60.7 Å². The van der Waals surface area contributed by atoms with E-state index >= 15 is 0 Å². The molecule has 2 aromatic carbocycles. The van der Waals surface area contributed by atoms with Crippen LogP contribution in [0.3, 0.4) is 0 Å². The molecule has 2 aromatic rings. The number of rotatable bonds is 10. The van der Waals surface area contributed by atoms with E-state index in [9.17, 15) is 14.4 Å². The van der Waals surface area contributed by atoms with Gasteiger partial charge in [-0.25, -0.2) is 4.79 Å². The van der Waals surface area contributed by atoms with Crippen molar-refractivity contribution in [3.63, 3.8) is 0 Å². The molecule has 1 N–H and O–H groups in total. The summed E-state index contributed by atoms with van der Waals surface area (Å²) in [6.45, 7) is 1.95. The van der Waals surface area contributed by atoms with Crippen LogP contribution in [0.4, 0.5) is 0 Å². The van der Waals surface area contributed by atoms with Gasteiger partial charge in [-0.1, -0.05) is 73.5 Å². The summed E-state index contributed by atoms with van der Waals surface area (Å²) >= 11 is 0. The Morgan fingerprint density at radius 1 is 0.973 bits per heavy atom. The summed E-state index contributed by atoms with van der Waals surface area (Å²) in [5.41, 5.74) is 2.03. The lowest BCUT2D eigenvalue weighted by atomic mass is 9.84. The maximum Gasteiger partial charge on any atom is 0.329 e. The molecule has 0 aromatic heterocycles. The number of carbonyl (C=O) groups excluding carboxylic acids is 3. The van der Waals surface area contributed by atoms with Crippen LogP contribution in [0.15, 0.2) is 60.7 Å². The number of amides is 1. The van der Waals surface area contributed by atoms with E-state index in [0.29, 0.717) is 25.2 Å². The fraction of sp³-hybridized carbons (Fsp3) is 0.500. The van der Waals surface area contributed by atoms with Crippen LogP contribution >= 0.6 is 0 Å². The second-order valence-electron chi connectivity index (χ2n) is 10.2. The van der Waals surface area contributed by atoms with Crippen molar-refractivity contribution >= 4 is 17.8 Å². The third-order valence-electron chi connectivity index (χ3n) is 7.71. The monoisotopic (exact) mass is 506 g/mol. The van der Waals surface area contributed by atoms with Gasteiger partial charge in [-0.2, -0.15) is 0 Å². The quantitative estimate of drug-likeness (QED) is 0.490. The summed E-state index contributed by atoms with van der Waals surface area (Å²) in [7, 11) is 1.36. The molecule has 0 spiro atoms. The maximum absolute atomic E-state index is 13.8. The first-order valence-electron chi connectivity index (χ1n) is 13.4. The van der Waals surface area contributed by atoms with Gasteiger partial charge < -0.3 is 14.4 Å². The second kappa shape index (κ2) is 12.9. The van der Waals surface area contributed by atoms with Crippen molar-refractivity contribution in [3.05, 3.63) is 71.8 Å². The number of hydrogen-bond acceptors (Lipinski definition) is 6. The van der Waals surface area contributed by atoms with Crippen LogP contribution < -0.4 is 5.32 Å². The molecule has 1 saturated heterocycles. The third kappa shape index (κ3) is 6.77. The lowest BCUT2D eigenvalue weighted by molar-refractivity contribution is -0.156. The number of ether oxygens (including phenoxy) is 2. The van der Waals surface area contributed by atoms with Crippen molar-refractivity contribution in [1.29, 1.82) is 0 Å². The summed E-state index contributed by atoms with van der Waals surface area (Å²) in [6.07, 6.45) is 5.87. The molecule has 1 saturated carbocycles. The maximum atomic E-state index is 13.8. The highest BCUT2D eigenvalue weighted by Crippen LogP contribution is 2.40. The Morgan fingerprint density at radius 3 is 2.30 bits per heavy atom. The number of nitrogens with one attached hydrogen (secondary N) is 1. The number of likely N-dealkylation sites (tertiary alicyclic amines) is 1. The van der Waals surface area contributed by atoms with Crippen LogP contribution in [-0.2, 0) is 36.9 Å². The molecule has 7 heteroatoms. The Bertz CT molecular complexity index is 1040. The first-order chi connectivity index (χ1) is 18.0. The van der Waals surface area contributed by atoms with Crippen molar-refractivity contribution in [3.8, 4) is 0 Å². The first-order valence-corrected chi connectivity index (χ1v) is 13.4. The molecule has 2 aliphatic rings. The Labute approximate surface area is 219 Å². The molecular formula is C30H38N2O5. The fourth-order valence-electron chi connectivity index (χ4n) is 5.78. The van der Waals surface area contributed by atoms with Gasteiger partial charge in [-0.3, -0.25) is 14.9 Å². The molecule has 2 fully saturated rings. The minimum Gasteiger partial charge on any atom is -0.468 e. The number of benzene rings is 2. The minimum atomic E-state index is -0.648. The SMILES string of the molecule is COC(=O)C(CCc1ccccc1)NC(C)C(=O)N1C(C(=O)OCc2ccccc2)CC2CCCCC21. The minimum absolute atomic E-state index is 0.0284. The van der Waals surface area contributed by atoms with E-state index < -0.39 is 24.1 Å². The number of esters is 2. The normalized spacial score (nSPS) is 22.5. The zero-order valence-corrected chi connectivity index (χ0v) is 21.8. The number of methoxy groups -OCH3 is 1. The summed E-state index contributed by atoms with van der Waals surface area (Å²) in [4.78, 5) is 41.4. The number of carbonyl (C=O) groups is 3. The molecule has 4 rings (SSSR count). The van der Waals surface area contributed by atoms with E-state index in [0.717, 1.165) is 36.8 Å². The van der Waals surface area contributed by atoms with Crippen molar-refractivity contribution in [1.82, 2.24) is 10.2 Å². The van der Waals surface area contributed by atoms with Crippen molar-refractivity contribution < 1.29 is 23.9 Å². The van der Waals surface area contributed by atoms with Gasteiger partial charge in [-0.15, -0.1) is 0 Å². The topological polar surface area (TPSA) is 84.9 Å². The van der Waals surface area contributed by atoms with Crippen LogP contribution in [0.1, 0.15) is 56.6 Å². The van der Waals surface area contributed by atoms with E-state index in [4.69, 9.17) is 9.47 Å². The number of hydrogen-bond donors (Lipinski definition) is 1. The van der Waals surface area contributed by atoms with Gasteiger partial charge in [0.15, 0.2) is 0 Å². The van der Waals surface area contributed by atoms with Crippen molar-refractivity contribution in [2.75, 3.05) is 7.11 Å². The molecule has 37 heavy (non-hydrogen) atoms. The zero-order chi connectivity index (χ0) is 26.2. The Hall–Kier alpha value is -3.19. The fourth-order valence-corrected chi connectivity index (χ4v) is 5.78. The van der Waals surface area contributed by atoms with Gasteiger partial charge in [-0.05, 0) is 56.1 Å². The van der Waals surface area contributed by atoms with Gasteiger partial charge >= 0.3 is 11.9 Å². The zero-order valence-electron chi connectivity index (χ0n) is 21.8. The molecule has 198 valence electrons. The average Bonchev–Trinajstić information content (AvgIpc) is 3.33. The van der Waals surface area contributed by atoms with Gasteiger partial charge in [0.05, 0.1) is 13.2 Å². The predicted octanol–water partition coefficient (Wildman–Crippen LogP) is 4.04. The Kier molecular flexibility index (Phi) is 9.34. The predicted molar refractivity (Wildman–Crippen MR) is 140 cm³/mol. The van der Waals surface area contributed by atoms with Crippen LogP contribution in [0.25, 0.3) is 0 Å². The van der Waals surface area contributed by atoms with E-state index in [-0.39, 0.29) is 24.5 Å². The smallest absolute Gasteiger partial charge is 0.329 e. The van der Waals surface area contributed by atoms with Crippen LogP contribution in [0.5, 0.6) is 0 Å². The van der Waals surface area contributed by atoms with Gasteiger partial charge in [0.1, 0.15) is 18.7 Å². The summed E-state index contributed by atoms with van der Waals surface area (Å²) in [5.74, 6) is -0.614. The Balaban J connectivity index is 1.44. The van der Waals surface area contributed by atoms with E-state index in [2.05, 4.69) is 5.32 Å². The van der Waals surface area contributed by atoms with Gasteiger partial charge in [0, 0.05) is 6.04 Å². The molecule has 0 bridgehead atoms. The molecule has 5 unspecified atom stereocenters. The van der Waals surface area contributed by atoms with Crippen LogP contribution in [0.2, 0.25) is 0 Å².